The Labute approximate surface area is 102 Å². The van der Waals surface area contributed by atoms with Crippen LogP contribution < -0.4 is 11.1 Å². The molecule has 16 heavy (non-hydrogen) atoms. The fraction of sp³-hybridized carbons (Fsp3) is 0.417. The van der Waals surface area contributed by atoms with Gasteiger partial charge in [0.25, 0.3) is 0 Å². The summed E-state index contributed by atoms with van der Waals surface area (Å²) in [6.07, 6.45) is 2.95. The van der Waals surface area contributed by atoms with Gasteiger partial charge in [-0.3, -0.25) is 4.79 Å². The molecule has 1 aromatic rings. The number of anilines is 1. The Morgan fingerprint density at radius 2 is 1.94 bits per heavy atom. The van der Waals surface area contributed by atoms with Crippen molar-refractivity contribution in [3.8, 4) is 0 Å². The van der Waals surface area contributed by atoms with Gasteiger partial charge >= 0.3 is 0 Å². The van der Waals surface area contributed by atoms with E-state index in [9.17, 15) is 4.79 Å². The Morgan fingerprint density at radius 1 is 1.25 bits per heavy atom. The van der Waals surface area contributed by atoms with Gasteiger partial charge in [-0.1, -0.05) is 24.6 Å². The van der Waals surface area contributed by atoms with Crippen molar-refractivity contribution in [2.75, 3.05) is 5.32 Å². The molecule has 1 aliphatic rings. The molecule has 3 N–H and O–H groups in total. The molecule has 2 unspecified atom stereocenters. The minimum atomic E-state index is -0.00907. The topological polar surface area (TPSA) is 55.1 Å². The van der Waals surface area contributed by atoms with Gasteiger partial charge in [0.1, 0.15) is 0 Å². The molecule has 3 nitrogen and oxygen atoms in total. The number of hydrogen-bond donors (Lipinski definition) is 2. The van der Waals surface area contributed by atoms with Gasteiger partial charge < -0.3 is 11.1 Å². The van der Waals surface area contributed by atoms with Crippen LogP contribution in [0.3, 0.4) is 0 Å². The molecule has 0 heterocycles. The molecule has 1 amide bonds. The third-order valence-electron chi connectivity index (χ3n) is 2.95. The number of halogens is 1. The maximum Gasteiger partial charge on any atom is 0.229 e. The minimum Gasteiger partial charge on any atom is -0.327 e. The largest absolute Gasteiger partial charge is 0.327 e. The molecule has 88 valence electrons. The van der Waals surface area contributed by atoms with Gasteiger partial charge in [0.2, 0.25) is 5.91 Å². The molecular weight excluding hydrogens is 224 g/mol. The van der Waals surface area contributed by atoms with Gasteiger partial charge in [-0.25, -0.2) is 0 Å². The van der Waals surface area contributed by atoms with E-state index in [2.05, 4.69) is 5.32 Å². The molecule has 1 aromatic carbocycles. The fourth-order valence-electron chi connectivity index (χ4n) is 2.07. The summed E-state index contributed by atoms with van der Waals surface area (Å²) in [6.45, 7) is 0. The number of carbonyl (C=O) groups excluding carboxylic acids is 1. The second kappa shape index (κ2) is 5.87. The number of carbonyl (C=O) groups is 1. The molecule has 2 atom stereocenters. The summed E-state index contributed by atoms with van der Waals surface area (Å²) < 4.78 is 0. The molecule has 2 rings (SSSR count). The van der Waals surface area contributed by atoms with Crippen molar-refractivity contribution in [3.63, 3.8) is 0 Å². The predicted octanol–water partition coefficient (Wildman–Crippen LogP) is 2.17. The number of rotatable bonds is 2. The maximum absolute atomic E-state index is 11.8. The summed E-state index contributed by atoms with van der Waals surface area (Å²) in [5.41, 5.74) is 6.72. The van der Waals surface area contributed by atoms with Crippen LogP contribution in [0.4, 0.5) is 5.69 Å². The summed E-state index contributed by atoms with van der Waals surface area (Å²) in [4.78, 5) is 11.8. The second-order valence-corrected chi connectivity index (χ2v) is 4.06. The van der Waals surface area contributed by atoms with E-state index in [-0.39, 0.29) is 30.3 Å². The first kappa shape index (κ1) is 13.0. The monoisotopic (exact) mass is 240 g/mol. The Morgan fingerprint density at radius 3 is 2.50 bits per heavy atom. The first-order valence-electron chi connectivity index (χ1n) is 5.39. The first-order valence-corrected chi connectivity index (χ1v) is 5.39. The summed E-state index contributed by atoms with van der Waals surface area (Å²) >= 11 is 0. The maximum atomic E-state index is 11.8. The van der Waals surface area contributed by atoms with Crippen LogP contribution in [-0.4, -0.2) is 11.9 Å². The minimum absolute atomic E-state index is 0. The van der Waals surface area contributed by atoms with Gasteiger partial charge in [0.15, 0.2) is 0 Å². The molecule has 1 fully saturated rings. The molecule has 0 bridgehead atoms. The van der Waals surface area contributed by atoms with E-state index in [1.165, 1.54) is 0 Å². The summed E-state index contributed by atoms with van der Waals surface area (Å²) in [5, 5.41) is 2.90. The normalized spacial score (nSPS) is 23.6. The van der Waals surface area contributed by atoms with Crippen LogP contribution in [0.1, 0.15) is 19.3 Å². The van der Waals surface area contributed by atoms with E-state index in [0.717, 1.165) is 24.9 Å². The van der Waals surface area contributed by atoms with Crippen molar-refractivity contribution >= 4 is 24.0 Å². The smallest absolute Gasteiger partial charge is 0.229 e. The number of nitrogens with two attached hydrogens (primary N) is 1. The van der Waals surface area contributed by atoms with Crippen LogP contribution in [0, 0.1) is 5.92 Å². The van der Waals surface area contributed by atoms with Crippen LogP contribution in [-0.2, 0) is 4.79 Å². The van der Waals surface area contributed by atoms with Crippen LogP contribution >= 0.6 is 12.4 Å². The molecule has 1 aliphatic carbocycles. The highest BCUT2D eigenvalue weighted by Crippen LogP contribution is 2.25. The molecule has 0 spiro atoms. The zero-order valence-corrected chi connectivity index (χ0v) is 9.87. The number of benzene rings is 1. The zero-order valence-electron chi connectivity index (χ0n) is 9.06. The predicted molar refractivity (Wildman–Crippen MR) is 67.6 cm³/mol. The molecule has 1 saturated carbocycles. The van der Waals surface area contributed by atoms with Crippen LogP contribution in [0.15, 0.2) is 30.3 Å². The quantitative estimate of drug-likeness (QED) is 0.833. The van der Waals surface area contributed by atoms with Crippen LogP contribution in [0.5, 0.6) is 0 Å². The lowest BCUT2D eigenvalue weighted by Crippen LogP contribution is -2.34. The standard InChI is InChI=1S/C12H16N2O.ClH/c13-11-8-4-7-10(11)12(15)14-9-5-2-1-3-6-9;/h1-3,5-6,10-11H,4,7-8,13H2,(H,14,15);1H. The molecular formula is C12H17ClN2O. The highest BCUT2D eigenvalue weighted by atomic mass is 35.5. The highest BCUT2D eigenvalue weighted by molar-refractivity contribution is 5.93. The number of para-hydroxylation sites is 1. The molecule has 0 aromatic heterocycles. The molecule has 0 aliphatic heterocycles. The third kappa shape index (κ3) is 2.97. The van der Waals surface area contributed by atoms with E-state index in [1.807, 2.05) is 30.3 Å². The SMILES string of the molecule is Cl.NC1CCCC1C(=O)Nc1ccccc1. The van der Waals surface area contributed by atoms with Crippen molar-refractivity contribution < 1.29 is 4.79 Å². The molecule has 0 radical (unpaired) electrons. The molecule has 4 heteroatoms. The average molecular weight is 241 g/mol. The zero-order chi connectivity index (χ0) is 10.7. The van der Waals surface area contributed by atoms with Crippen LogP contribution in [0.25, 0.3) is 0 Å². The van der Waals surface area contributed by atoms with Gasteiger partial charge in [0, 0.05) is 11.7 Å². The molecule has 0 saturated heterocycles. The van der Waals surface area contributed by atoms with E-state index in [1.54, 1.807) is 0 Å². The summed E-state index contributed by atoms with van der Waals surface area (Å²) in [7, 11) is 0. The number of hydrogen-bond acceptors (Lipinski definition) is 2. The van der Waals surface area contributed by atoms with Gasteiger partial charge in [0.05, 0.1) is 5.92 Å². The summed E-state index contributed by atoms with van der Waals surface area (Å²) in [6, 6.07) is 9.55. The van der Waals surface area contributed by atoms with E-state index >= 15 is 0 Å². The average Bonchev–Trinajstić information content (AvgIpc) is 2.66. The Hall–Kier alpha value is -1.06. The summed E-state index contributed by atoms with van der Waals surface area (Å²) in [5.74, 6) is 0.0522. The van der Waals surface area contributed by atoms with E-state index in [0.29, 0.717) is 0 Å². The third-order valence-corrected chi connectivity index (χ3v) is 2.95. The van der Waals surface area contributed by atoms with Crippen LogP contribution in [0.2, 0.25) is 0 Å². The Kier molecular flexibility index (Phi) is 4.77. The fourth-order valence-corrected chi connectivity index (χ4v) is 2.07. The van der Waals surface area contributed by atoms with Gasteiger partial charge in [-0.2, -0.15) is 0 Å². The Balaban J connectivity index is 0.00000128. The van der Waals surface area contributed by atoms with Gasteiger partial charge in [-0.15, -0.1) is 12.4 Å². The lowest BCUT2D eigenvalue weighted by atomic mass is 10.0. The van der Waals surface area contributed by atoms with E-state index < -0.39 is 0 Å². The van der Waals surface area contributed by atoms with Crippen molar-refractivity contribution in [1.82, 2.24) is 0 Å². The van der Waals surface area contributed by atoms with E-state index in [4.69, 9.17) is 5.73 Å². The Bertz CT molecular complexity index is 342. The van der Waals surface area contributed by atoms with Crippen molar-refractivity contribution in [1.29, 1.82) is 0 Å². The van der Waals surface area contributed by atoms with Crippen molar-refractivity contribution in [3.05, 3.63) is 30.3 Å². The second-order valence-electron chi connectivity index (χ2n) is 4.06. The van der Waals surface area contributed by atoms with Gasteiger partial charge in [-0.05, 0) is 25.0 Å². The van der Waals surface area contributed by atoms with Crippen molar-refractivity contribution in [2.45, 2.75) is 25.3 Å². The lowest BCUT2D eigenvalue weighted by Gasteiger charge is -2.14. The number of nitrogens with one attached hydrogen (secondary N) is 1. The first-order chi connectivity index (χ1) is 7.27. The lowest BCUT2D eigenvalue weighted by molar-refractivity contribution is -0.120. The van der Waals surface area contributed by atoms with Crippen molar-refractivity contribution in [2.24, 2.45) is 11.7 Å². The highest BCUT2D eigenvalue weighted by Gasteiger charge is 2.30. The number of amides is 1.